The predicted molar refractivity (Wildman–Crippen MR) is 24.2 cm³/mol. The summed E-state index contributed by atoms with van der Waals surface area (Å²) in [5.41, 5.74) is 0. The second-order valence-electron chi connectivity index (χ2n) is 1.14. The van der Waals surface area contributed by atoms with E-state index < -0.39 is 18.4 Å². The normalized spacial score (nSPS) is 7.11. The molecule has 0 fully saturated rings. The smallest absolute Gasteiger partial charge is 0.503 e. The largest absolute Gasteiger partial charge is 1.00 e. The molecule has 0 aromatic rings. The van der Waals surface area contributed by atoms with Gasteiger partial charge in [-0.05, 0) is 0 Å². The van der Waals surface area contributed by atoms with E-state index in [9.17, 15) is 9.59 Å². The average molecular weight is 140 g/mol. The molecule has 9 heavy (non-hydrogen) atoms. The van der Waals surface area contributed by atoms with Gasteiger partial charge in [-0.2, -0.15) is 0 Å². The van der Waals surface area contributed by atoms with E-state index in [0.717, 1.165) is 0 Å². The minimum absolute atomic E-state index is 0. The van der Waals surface area contributed by atoms with Crippen molar-refractivity contribution in [3.8, 4) is 0 Å². The quantitative estimate of drug-likeness (QED) is 0.319. The standard InChI is InChI=1S/C4H5O4.Na/c5-3(6)1-2-4(7)8;/h1H,2H2,(H,5,6)(H,7,8);/q-1;+1. The van der Waals surface area contributed by atoms with Gasteiger partial charge >= 0.3 is 29.6 Å². The van der Waals surface area contributed by atoms with Gasteiger partial charge in [0.15, 0.2) is 5.97 Å². The van der Waals surface area contributed by atoms with Gasteiger partial charge in [0.25, 0.3) is 5.97 Å². The molecule has 0 bridgehead atoms. The topological polar surface area (TPSA) is 74.6 Å². The molecule has 0 saturated heterocycles. The molecular formula is C4H5NaO4. The van der Waals surface area contributed by atoms with Gasteiger partial charge in [-0.3, -0.25) is 16.0 Å². The number of carboxylic acid groups (broad SMARTS) is 2. The van der Waals surface area contributed by atoms with E-state index in [-0.39, 0.29) is 29.6 Å². The second-order valence-corrected chi connectivity index (χ2v) is 1.14. The minimum Gasteiger partial charge on any atom is -0.503 e. The number of rotatable bonds is 3. The molecule has 0 spiro atoms. The first-order valence-corrected chi connectivity index (χ1v) is 1.91. The van der Waals surface area contributed by atoms with Crippen molar-refractivity contribution in [1.29, 1.82) is 0 Å². The van der Waals surface area contributed by atoms with Crippen LogP contribution in [-0.4, -0.2) is 22.2 Å². The summed E-state index contributed by atoms with van der Waals surface area (Å²) >= 11 is 0. The van der Waals surface area contributed by atoms with E-state index in [4.69, 9.17) is 10.2 Å². The third-order valence-electron chi connectivity index (χ3n) is 0.451. The van der Waals surface area contributed by atoms with Gasteiger partial charge in [-0.15, -0.1) is 0 Å². The Balaban J connectivity index is 0. The number of hydrogen-bond donors (Lipinski definition) is 2. The molecule has 0 radical (unpaired) electrons. The summed E-state index contributed by atoms with van der Waals surface area (Å²) in [5, 5.41) is 15.7. The summed E-state index contributed by atoms with van der Waals surface area (Å²) in [5.74, 6) is -2.33. The van der Waals surface area contributed by atoms with Crippen LogP contribution in [0.2, 0.25) is 0 Å². The predicted octanol–water partition coefficient (Wildman–Crippen LogP) is -3.25. The molecule has 2 N–H and O–H groups in total. The molecule has 0 saturated carbocycles. The van der Waals surface area contributed by atoms with Gasteiger partial charge in [0.2, 0.25) is 0 Å². The third kappa shape index (κ3) is 11.4. The molecule has 0 aliphatic rings. The fourth-order valence-electron chi connectivity index (χ4n) is 0.175. The van der Waals surface area contributed by atoms with Crippen LogP contribution in [0.1, 0.15) is 6.42 Å². The van der Waals surface area contributed by atoms with Gasteiger partial charge in [0.05, 0.1) is 0 Å². The maximum atomic E-state index is 9.61. The van der Waals surface area contributed by atoms with E-state index in [1.54, 1.807) is 0 Å². The van der Waals surface area contributed by atoms with Crippen molar-refractivity contribution in [2.45, 2.75) is 6.42 Å². The summed E-state index contributed by atoms with van der Waals surface area (Å²) in [4.78, 5) is 19.2. The van der Waals surface area contributed by atoms with E-state index in [1.165, 1.54) is 0 Å². The number of aliphatic carboxylic acids is 2. The first-order valence-electron chi connectivity index (χ1n) is 1.91. The molecule has 0 heterocycles. The average Bonchev–Trinajstić information content (AvgIpc) is 1.61. The van der Waals surface area contributed by atoms with Gasteiger partial charge in [-0.1, -0.05) is 6.42 Å². The van der Waals surface area contributed by atoms with Crippen molar-refractivity contribution >= 4 is 11.9 Å². The second kappa shape index (κ2) is 5.94. The minimum atomic E-state index is -1.20. The molecule has 0 amide bonds. The van der Waals surface area contributed by atoms with Crippen LogP contribution in [0.25, 0.3) is 0 Å². The summed E-state index contributed by atoms with van der Waals surface area (Å²) in [6.45, 7) is 0. The SMILES string of the molecule is O=C(O)[CH-]CC(=O)O.[Na+]. The number of hydrogen-bond acceptors (Lipinski definition) is 2. The van der Waals surface area contributed by atoms with Crippen LogP contribution in [0.5, 0.6) is 0 Å². The van der Waals surface area contributed by atoms with Gasteiger partial charge in [0, 0.05) is 0 Å². The molecule has 0 aliphatic heterocycles. The molecule has 0 aromatic carbocycles. The zero-order chi connectivity index (χ0) is 6.57. The Morgan fingerprint density at radius 2 is 1.78 bits per heavy atom. The maximum absolute atomic E-state index is 9.61. The Kier molecular flexibility index (Phi) is 7.65. The fourth-order valence-corrected chi connectivity index (χ4v) is 0.175. The molecule has 0 aliphatic carbocycles. The van der Waals surface area contributed by atoms with Gasteiger partial charge in [-0.25, -0.2) is 0 Å². The van der Waals surface area contributed by atoms with Crippen molar-refractivity contribution in [1.82, 2.24) is 0 Å². The van der Waals surface area contributed by atoms with Gasteiger partial charge in [0.1, 0.15) is 0 Å². The Morgan fingerprint density at radius 3 is 1.89 bits per heavy atom. The van der Waals surface area contributed by atoms with E-state index in [1.807, 2.05) is 0 Å². The summed E-state index contributed by atoms with van der Waals surface area (Å²) in [7, 11) is 0. The molecule has 46 valence electrons. The van der Waals surface area contributed by atoms with Crippen LogP contribution < -0.4 is 29.6 Å². The zero-order valence-corrected chi connectivity index (χ0v) is 7.00. The maximum Gasteiger partial charge on any atom is 1.00 e. The van der Waals surface area contributed by atoms with Crippen molar-refractivity contribution < 1.29 is 49.4 Å². The Labute approximate surface area is 74.2 Å². The van der Waals surface area contributed by atoms with Crippen molar-refractivity contribution in [3.05, 3.63) is 6.42 Å². The molecule has 5 heteroatoms. The molecular weight excluding hydrogens is 135 g/mol. The van der Waals surface area contributed by atoms with E-state index >= 15 is 0 Å². The molecule has 0 rings (SSSR count). The van der Waals surface area contributed by atoms with Crippen LogP contribution in [0.3, 0.4) is 0 Å². The Morgan fingerprint density at radius 1 is 1.33 bits per heavy atom. The van der Waals surface area contributed by atoms with Gasteiger partial charge < -0.3 is 10.2 Å². The summed E-state index contributed by atoms with van der Waals surface area (Å²) in [6, 6.07) is 0. The van der Waals surface area contributed by atoms with Crippen LogP contribution in [0, 0.1) is 6.42 Å². The van der Waals surface area contributed by atoms with Crippen LogP contribution >= 0.6 is 0 Å². The first-order chi connectivity index (χ1) is 3.63. The van der Waals surface area contributed by atoms with Crippen molar-refractivity contribution in [3.63, 3.8) is 0 Å². The molecule has 0 aromatic heterocycles. The number of carboxylic acids is 2. The monoisotopic (exact) mass is 140 g/mol. The Hall–Kier alpha value is -0.190. The van der Waals surface area contributed by atoms with Crippen LogP contribution in [-0.2, 0) is 9.59 Å². The summed E-state index contributed by atoms with van der Waals surface area (Å²) in [6.07, 6.45) is 0.262. The van der Waals surface area contributed by atoms with Crippen LogP contribution in [0.4, 0.5) is 0 Å². The molecule has 0 unspecified atom stereocenters. The van der Waals surface area contributed by atoms with Crippen LogP contribution in [0.15, 0.2) is 0 Å². The van der Waals surface area contributed by atoms with E-state index in [0.29, 0.717) is 6.42 Å². The third-order valence-corrected chi connectivity index (χ3v) is 0.451. The first kappa shape index (κ1) is 11.6. The molecule has 0 atom stereocenters. The van der Waals surface area contributed by atoms with Crippen molar-refractivity contribution in [2.24, 2.45) is 0 Å². The molecule has 4 nitrogen and oxygen atoms in total. The fraction of sp³-hybridized carbons (Fsp3) is 0.250. The number of carbonyl (C=O) groups is 2. The van der Waals surface area contributed by atoms with E-state index in [2.05, 4.69) is 0 Å². The summed E-state index contributed by atoms with van der Waals surface area (Å²) < 4.78 is 0. The zero-order valence-electron chi connectivity index (χ0n) is 5.00. The Bertz CT molecular complexity index is 97.1. The van der Waals surface area contributed by atoms with Crippen molar-refractivity contribution in [2.75, 3.05) is 0 Å².